The van der Waals surface area contributed by atoms with Crippen molar-refractivity contribution in [1.82, 2.24) is 15.4 Å². The molecule has 0 bridgehead atoms. The lowest BCUT2D eigenvalue weighted by atomic mass is 9.88. The van der Waals surface area contributed by atoms with Gasteiger partial charge in [-0.2, -0.15) is 0 Å². The maximum atomic E-state index is 5.54. The number of hydrazine groups is 1. The molecule has 0 aliphatic carbocycles. The highest BCUT2D eigenvalue weighted by molar-refractivity contribution is 5.04. The van der Waals surface area contributed by atoms with Crippen LogP contribution in [0.1, 0.15) is 51.0 Å². The second-order valence-corrected chi connectivity index (χ2v) is 5.44. The van der Waals surface area contributed by atoms with E-state index in [0.717, 1.165) is 24.2 Å². The highest BCUT2D eigenvalue weighted by atomic mass is 15.2. The van der Waals surface area contributed by atoms with Crippen molar-refractivity contribution in [2.75, 3.05) is 0 Å². The Labute approximate surface area is 97.7 Å². The number of aromatic nitrogens is 2. The molecule has 3 N–H and O–H groups in total. The van der Waals surface area contributed by atoms with Crippen molar-refractivity contribution in [2.24, 2.45) is 11.3 Å². The van der Waals surface area contributed by atoms with E-state index in [9.17, 15) is 0 Å². The first-order valence-corrected chi connectivity index (χ1v) is 5.67. The highest BCUT2D eigenvalue weighted by Gasteiger charge is 2.17. The number of aryl methyl sites for hydroxylation is 1. The summed E-state index contributed by atoms with van der Waals surface area (Å²) in [7, 11) is 0. The van der Waals surface area contributed by atoms with Gasteiger partial charge in [-0.1, -0.05) is 20.8 Å². The largest absolute Gasteiger partial charge is 0.271 e. The molecular formula is C12H22N4. The average molecular weight is 222 g/mol. The minimum Gasteiger partial charge on any atom is -0.271 e. The van der Waals surface area contributed by atoms with Gasteiger partial charge in [-0.05, 0) is 30.7 Å². The number of hydrogen-bond donors (Lipinski definition) is 2. The highest BCUT2D eigenvalue weighted by Crippen LogP contribution is 2.25. The normalized spacial score (nSPS) is 13.8. The fourth-order valence-corrected chi connectivity index (χ4v) is 1.45. The first-order chi connectivity index (χ1) is 7.42. The number of nitrogens with zero attached hydrogens (tertiary/aromatic N) is 2. The van der Waals surface area contributed by atoms with Gasteiger partial charge in [0.15, 0.2) is 0 Å². The molecule has 0 amide bonds. The Kier molecular flexibility index (Phi) is 4.38. The smallest absolute Gasteiger partial charge is 0.146 e. The van der Waals surface area contributed by atoms with Gasteiger partial charge < -0.3 is 0 Å². The Morgan fingerprint density at radius 1 is 1.31 bits per heavy atom. The molecule has 0 spiro atoms. The molecule has 0 aliphatic rings. The summed E-state index contributed by atoms with van der Waals surface area (Å²) in [6.45, 7) is 8.63. The van der Waals surface area contributed by atoms with Gasteiger partial charge in [-0.3, -0.25) is 5.84 Å². The second-order valence-electron chi connectivity index (χ2n) is 5.44. The third-order valence-corrected chi connectivity index (χ3v) is 2.50. The zero-order valence-corrected chi connectivity index (χ0v) is 10.6. The molecule has 1 atom stereocenters. The molecule has 1 heterocycles. The third kappa shape index (κ3) is 4.24. The van der Waals surface area contributed by atoms with Crippen molar-refractivity contribution in [2.45, 2.75) is 46.6 Å². The van der Waals surface area contributed by atoms with Crippen LogP contribution in [-0.2, 0) is 0 Å². The van der Waals surface area contributed by atoms with E-state index in [1.165, 1.54) is 0 Å². The summed E-state index contributed by atoms with van der Waals surface area (Å²) in [6.07, 6.45) is 5.68. The number of nitrogens with one attached hydrogen (secondary N) is 1. The summed E-state index contributed by atoms with van der Waals surface area (Å²) in [4.78, 5) is 8.59. The molecule has 1 rings (SSSR count). The minimum absolute atomic E-state index is 0.0415. The Bertz CT molecular complexity index is 313. The Balaban J connectivity index is 2.64. The Morgan fingerprint density at radius 2 is 1.88 bits per heavy atom. The molecule has 16 heavy (non-hydrogen) atoms. The second kappa shape index (κ2) is 5.37. The zero-order chi connectivity index (χ0) is 12.2. The maximum absolute atomic E-state index is 5.54. The minimum atomic E-state index is 0.0415. The molecule has 90 valence electrons. The molecule has 0 saturated heterocycles. The molecule has 0 aliphatic heterocycles. The monoisotopic (exact) mass is 222 g/mol. The van der Waals surface area contributed by atoms with Crippen LogP contribution in [0.4, 0.5) is 0 Å². The van der Waals surface area contributed by atoms with Crippen molar-refractivity contribution in [1.29, 1.82) is 0 Å². The average Bonchev–Trinajstić information content (AvgIpc) is 2.20. The number of rotatable bonds is 4. The summed E-state index contributed by atoms with van der Waals surface area (Å²) in [5.74, 6) is 6.32. The van der Waals surface area contributed by atoms with Crippen LogP contribution in [0.3, 0.4) is 0 Å². The van der Waals surface area contributed by atoms with Gasteiger partial charge in [0.2, 0.25) is 0 Å². The van der Waals surface area contributed by atoms with Crippen LogP contribution in [0.15, 0.2) is 12.4 Å². The van der Waals surface area contributed by atoms with Gasteiger partial charge in [0, 0.05) is 12.4 Å². The quantitative estimate of drug-likeness (QED) is 0.605. The van der Waals surface area contributed by atoms with Crippen LogP contribution < -0.4 is 11.3 Å². The summed E-state index contributed by atoms with van der Waals surface area (Å²) in [5, 5.41) is 0. The fourth-order valence-electron chi connectivity index (χ4n) is 1.45. The lowest BCUT2D eigenvalue weighted by Crippen LogP contribution is -2.30. The fraction of sp³-hybridized carbons (Fsp3) is 0.667. The molecule has 0 saturated carbocycles. The van der Waals surface area contributed by atoms with E-state index >= 15 is 0 Å². The van der Waals surface area contributed by atoms with E-state index < -0.39 is 0 Å². The van der Waals surface area contributed by atoms with Crippen molar-refractivity contribution >= 4 is 0 Å². The van der Waals surface area contributed by atoms with Crippen molar-refractivity contribution in [3.63, 3.8) is 0 Å². The molecule has 4 nitrogen and oxygen atoms in total. The lowest BCUT2D eigenvalue weighted by molar-refractivity contribution is 0.328. The van der Waals surface area contributed by atoms with Crippen LogP contribution in [0.2, 0.25) is 0 Å². The lowest BCUT2D eigenvalue weighted by Gasteiger charge is -2.21. The van der Waals surface area contributed by atoms with Crippen LogP contribution in [0.25, 0.3) is 0 Å². The molecule has 1 aromatic rings. The predicted molar refractivity (Wildman–Crippen MR) is 65.5 cm³/mol. The molecule has 1 aromatic heterocycles. The molecule has 0 fully saturated rings. The van der Waals surface area contributed by atoms with E-state index in [0.29, 0.717) is 5.41 Å². The van der Waals surface area contributed by atoms with Gasteiger partial charge in [-0.25, -0.2) is 15.4 Å². The van der Waals surface area contributed by atoms with Crippen molar-refractivity contribution < 1.29 is 0 Å². The summed E-state index contributed by atoms with van der Waals surface area (Å²) in [6, 6.07) is 0.0415. The van der Waals surface area contributed by atoms with Crippen LogP contribution in [0, 0.1) is 12.3 Å². The Hall–Kier alpha value is -1.00. The summed E-state index contributed by atoms with van der Waals surface area (Å²) >= 11 is 0. The Morgan fingerprint density at radius 3 is 2.31 bits per heavy atom. The molecule has 1 unspecified atom stereocenters. The SMILES string of the molecule is Cc1cnc(C(CCC(C)(C)C)NN)nc1. The van der Waals surface area contributed by atoms with E-state index in [2.05, 4.69) is 36.2 Å². The van der Waals surface area contributed by atoms with Gasteiger partial charge in [0.1, 0.15) is 5.82 Å². The first kappa shape index (κ1) is 13.1. The van der Waals surface area contributed by atoms with Crippen LogP contribution >= 0.6 is 0 Å². The summed E-state index contributed by atoms with van der Waals surface area (Å²) < 4.78 is 0. The van der Waals surface area contributed by atoms with Crippen molar-refractivity contribution in [3.8, 4) is 0 Å². The standard InChI is InChI=1S/C12H22N4/c1-9-7-14-11(15-8-9)10(16-13)5-6-12(2,3)4/h7-8,10,16H,5-6,13H2,1-4H3. The third-order valence-electron chi connectivity index (χ3n) is 2.50. The molecular weight excluding hydrogens is 200 g/mol. The van der Waals surface area contributed by atoms with Gasteiger partial charge in [0.25, 0.3) is 0 Å². The van der Waals surface area contributed by atoms with Crippen LogP contribution in [0.5, 0.6) is 0 Å². The molecule has 0 aromatic carbocycles. The van der Waals surface area contributed by atoms with Crippen LogP contribution in [-0.4, -0.2) is 9.97 Å². The summed E-state index contributed by atoms with van der Waals surface area (Å²) in [5.41, 5.74) is 4.16. The van der Waals surface area contributed by atoms with Gasteiger partial charge in [-0.15, -0.1) is 0 Å². The molecule has 0 radical (unpaired) electrons. The first-order valence-electron chi connectivity index (χ1n) is 5.67. The molecule has 4 heteroatoms. The van der Waals surface area contributed by atoms with Gasteiger partial charge >= 0.3 is 0 Å². The topological polar surface area (TPSA) is 63.8 Å². The van der Waals surface area contributed by atoms with E-state index in [4.69, 9.17) is 5.84 Å². The number of nitrogens with two attached hydrogens (primary N) is 1. The van der Waals surface area contributed by atoms with E-state index in [-0.39, 0.29) is 6.04 Å². The van der Waals surface area contributed by atoms with Gasteiger partial charge in [0.05, 0.1) is 6.04 Å². The van der Waals surface area contributed by atoms with E-state index in [1.54, 1.807) is 0 Å². The predicted octanol–water partition coefficient (Wildman–Crippen LogP) is 2.12. The zero-order valence-electron chi connectivity index (χ0n) is 10.6. The number of hydrogen-bond acceptors (Lipinski definition) is 4. The van der Waals surface area contributed by atoms with Crippen molar-refractivity contribution in [3.05, 3.63) is 23.8 Å². The van der Waals surface area contributed by atoms with E-state index in [1.807, 2.05) is 19.3 Å². The maximum Gasteiger partial charge on any atom is 0.146 e.